The quantitative estimate of drug-likeness (QED) is 0.352. The van der Waals surface area contributed by atoms with Gasteiger partial charge >= 0.3 is 0 Å². The fourth-order valence-electron chi connectivity index (χ4n) is 4.13. The zero-order chi connectivity index (χ0) is 27.1. The maximum Gasteiger partial charge on any atom is 0.267 e. The van der Waals surface area contributed by atoms with E-state index < -0.39 is 32.1 Å². The second-order valence-corrected chi connectivity index (χ2v) is 12.7. The van der Waals surface area contributed by atoms with Gasteiger partial charge in [-0.3, -0.25) is 13.8 Å². The first kappa shape index (κ1) is 25.8. The molecule has 1 atom stereocenters. The minimum absolute atomic E-state index is 0.00593. The molecule has 0 saturated heterocycles. The van der Waals surface area contributed by atoms with Gasteiger partial charge in [-0.1, -0.05) is 48.0 Å². The molecule has 0 bridgehead atoms. The number of rotatable bonds is 6. The maximum atomic E-state index is 13.0. The Bertz CT molecular complexity index is 1750. The number of hydrogen-bond acceptors (Lipinski definition) is 6. The molecule has 12 heteroatoms. The molecule has 38 heavy (non-hydrogen) atoms. The van der Waals surface area contributed by atoms with E-state index in [-0.39, 0.29) is 22.9 Å². The number of sulfonamides is 2. The van der Waals surface area contributed by atoms with Crippen LogP contribution in [0, 0.1) is 0 Å². The number of carbonyl (C=O) groups is 1. The zero-order valence-electron chi connectivity index (χ0n) is 20.0. The van der Waals surface area contributed by atoms with Crippen molar-refractivity contribution in [2.75, 3.05) is 27.1 Å². The van der Waals surface area contributed by atoms with Gasteiger partial charge in [0, 0.05) is 16.1 Å². The normalized spacial score (nSPS) is 15.4. The molecule has 1 heterocycles. The van der Waals surface area contributed by atoms with E-state index in [1.54, 1.807) is 12.1 Å². The van der Waals surface area contributed by atoms with Gasteiger partial charge in [0.05, 0.1) is 29.1 Å². The summed E-state index contributed by atoms with van der Waals surface area (Å²) in [5.74, 6) is -0.393. The smallest absolute Gasteiger partial charge is 0.267 e. The Morgan fingerprint density at radius 1 is 0.947 bits per heavy atom. The summed E-state index contributed by atoms with van der Waals surface area (Å²) in [7, 11) is -7.62. The van der Waals surface area contributed by atoms with Crippen molar-refractivity contribution < 1.29 is 26.4 Å². The van der Waals surface area contributed by atoms with Crippen molar-refractivity contribution in [3.8, 4) is 5.75 Å². The first-order chi connectivity index (χ1) is 18.0. The summed E-state index contributed by atoms with van der Waals surface area (Å²) in [4.78, 5) is 13.0. The summed E-state index contributed by atoms with van der Waals surface area (Å²) in [6.45, 7) is -0.251. The molecule has 5 rings (SSSR count). The van der Waals surface area contributed by atoms with Gasteiger partial charge in [0.2, 0.25) is 10.0 Å². The van der Waals surface area contributed by atoms with Crippen molar-refractivity contribution in [1.29, 1.82) is 0 Å². The molecule has 4 aromatic rings. The van der Waals surface area contributed by atoms with Crippen LogP contribution >= 0.6 is 11.6 Å². The minimum Gasteiger partial charge on any atom is -0.476 e. The lowest BCUT2D eigenvalue weighted by molar-refractivity contribution is -0.122. The van der Waals surface area contributed by atoms with Crippen LogP contribution in [-0.2, 0) is 24.8 Å². The lowest BCUT2D eigenvalue weighted by atomic mass is 10.1. The van der Waals surface area contributed by atoms with Crippen molar-refractivity contribution in [3.05, 3.63) is 90.0 Å². The van der Waals surface area contributed by atoms with Crippen molar-refractivity contribution in [1.82, 2.24) is 0 Å². The number of benzene rings is 4. The van der Waals surface area contributed by atoms with E-state index in [4.69, 9.17) is 16.3 Å². The summed E-state index contributed by atoms with van der Waals surface area (Å²) >= 11 is 6.01. The van der Waals surface area contributed by atoms with Gasteiger partial charge in [-0.05, 0) is 53.9 Å². The molecular formula is C26H22ClN3O6S2. The molecule has 0 radical (unpaired) electrons. The van der Waals surface area contributed by atoms with E-state index in [0.29, 0.717) is 16.4 Å². The molecule has 1 unspecified atom stereocenters. The van der Waals surface area contributed by atoms with Crippen LogP contribution < -0.4 is 19.1 Å². The molecule has 0 aromatic heterocycles. The zero-order valence-corrected chi connectivity index (χ0v) is 22.3. The molecule has 0 saturated carbocycles. The first-order valence-corrected chi connectivity index (χ1v) is 15.1. The number of halogens is 1. The highest BCUT2D eigenvalue weighted by Gasteiger charge is 2.35. The van der Waals surface area contributed by atoms with Crippen LogP contribution in [-0.4, -0.2) is 41.6 Å². The molecule has 0 fully saturated rings. The topological polar surface area (TPSA) is 122 Å². The third-order valence-electron chi connectivity index (χ3n) is 5.95. The van der Waals surface area contributed by atoms with Crippen molar-refractivity contribution in [2.24, 2.45) is 0 Å². The summed E-state index contributed by atoms with van der Waals surface area (Å²) in [6.07, 6.45) is -0.112. The Hall–Kier alpha value is -3.80. The first-order valence-electron chi connectivity index (χ1n) is 11.4. The van der Waals surface area contributed by atoms with Crippen molar-refractivity contribution in [2.45, 2.75) is 11.0 Å². The predicted octanol–water partition coefficient (Wildman–Crippen LogP) is 4.46. The number of anilines is 3. The van der Waals surface area contributed by atoms with Gasteiger partial charge < -0.3 is 10.1 Å². The number of carbonyl (C=O) groups excluding carboxylic acids is 1. The van der Waals surface area contributed by atoms with Crippen LogP contribution in [0.3, 0.4) is 0 Å². The van der Waals surface area contributed by atoms with E-state index in [1.165, 1.54) is 42.5 Å². The highest BCUT2D eigenvalue weighted by atomic mass is 35.5. The number of ether oxygens (including phenoxy) is 1. The van der Waals surface area contributed by atoms with Crippen LogP contribution in [0.25, 0.3) is 10.8 Å². The molecule has 0 spiro atoms. The summed E-state index contributed by atoms with van der Waals surface area (Å²) in [5, 5.41) is 4.64. The summed E-state index contributed by atoms with van der Waals surface area (Å²) in [5.41, 5.74) is 1.01. The molecule has 9 nitrogen and oxygen atoms in total. The molecule has 2 N–H and O–H groups in total. The third-order valence-corrected chi connectivity index (χ3v) is 8.71. The van der Waals surface area contributed by atoms with Crippen molar-refractivity contribution in [3.63, 3.8) is 0 Å². The fraction of sp³-hybridized carbons (Fsp3) is 0.115. The Balaban J connectivity index is 1.32. The highest BCUT2D eigenvalue weighted by Crippen LogP contribution is 2.37. The predicted molar refractivity (Wildman–Crippen MR) is 148 cm³/mol. The van der Waals surface area contributed by atoms with E-state index in [0.717, 1.165) is 21.3 Å². The third kappa shape index (κ3) is 5.26. The Labute approximate surface area is 225 Å². The standard InChI is InChI=1S/C26H22ClN3O6S2/c1-37(32,33)30-16-25(36-24-14-9-18(27)15-23(24)30)26(31)28-19-10-12-20(13-11-19)38(34,35)29-22-8-4-6-17-5-2-3-7-21(17)22/h2-15,25,29H,16H2,1H3,(H,28,31). The average Bonchev–Trinajstić information content (AvgIpc) is 2.88. The van der Waals surface area contributed by atoms with Crippen LogP contribution in [0.1, 0.15) is 0 Å². The molecule has 1 aliphatic heterocycles. The summed E-state index contributed by atoms with van der Waals surface area (Å²) < 4.78 is 60.1. The van der Waals surface area contributed by atoms with Crippen molar-refractivity contribution >= 4 is 65.4 Å². The largest absolute Gasteiger partial charge is 0.476 e. The number of nitrogens with zero attached hydrogens (tertiary/aromatic N) is 1. The summed E-state index contributed by atoms with van der Waals surface area (Å²) in [6, 6.07) is 22.9. The van der Waals surface area contributed by atoms with Crippen LogP contribution in [0.5, 0.6) is 5.75 Å². The fourth-order valence-corrected chi connectivity index (χ4v) is 6.29. The van der Waals surface area contributed by atoms with E-state index in [1.807, 2.05) is 30.3 Å². The van der Waals surface area contributed by atoms with E-state index in [2.05, 4.69) is 10.0 Å². The highest BCUT2D eigenvalue weighted by molar-refractivity contribution is 7.92. The Morgan fingerprint density at radius 2 is 1.66 bits per heavy atom. The molecule has 1 amide bonds. The van der Waals surface area contributed by atoms with Gasteiger partial charge in [0.1, 0.15) is 5.75 Å². The van der Waals surface area contributed by atoms with Crippen LogP contribution in [0.15, 0.2) is 89.8 Å². The van der Waals surface area contributed by atoms with Crippen LogP contribution in [0.4, 0.5) is 17.1 Å². The molecular weight excluding hydrogens is 550 g/mol. The minimum atomic E-state index is -3.90. The Morgan fingerprint density at radius 3 is 2.39 bits per heavy atom. The monoisotopic (exact) mass is 571 g/mol. The van der Waals surface area contributed by atoms with Gasteiger partial charge in [-0.25, -0.2) is 16.8 Å². The number of amides is 1. The maximum absolute atomic E-state index is 13.0. The Kier molecular flexibility index (Phi) is 6.68. The van der Waals surface area contributed by atoms with E-state index in [9.17, 15) is 21.6 Å². The van der Waals surface area contributed by atoms with Crippen LogP contribution in [0.2, 0.25) is 5.02 Å². The molecule has 196 valence electrons. The van der Waals surface area contributed by atoms with Gasteiger partial charge in [0.15, 0.2) is 6.10 Å². The van der Waals surface area contributed by atoms with E-state index >= 15 is 0 Å². The van der Waals surface area contributed by atoms with Gasteiger partial charge in [-0.2, -0.15) is 0 Å². The lowest BCUT2D eigenvalue weighted by Gasteiger charge is -2.34. The SMILES string of the molecule is CS(=O)(=O)N1CC(C(=O)Nc2ccc(S(=O)(=O)Nc3cccc4ccccc34)cc2)Oc2ccc(Cl)cc21. The van der Waals surface area contributed by atoms with Gasteiger partial charge in [-0.15, -0.1) is 0 Å². The average molecular weight is 572 g/mol. The number of fused-ring (bicyclic) bond motifs is 2. The number of nitrogens with one attached hydrogen (secondary N) is 2. The number of hydrogen-bond donors (Lipinski definition) is 2. The molecule has 0 aliphatic carbocycles. The molecule has 4 aromatic carbocycles. The van der Waals surface area contributed by atoms with Gasteiger partial charge in [0.25, 0.3) is 15.9 Å². The second kappa shape index (κ2) is 9.82. The molecule has 1 aliphatic rings. The second-order valence-electron chi connectivity index (χ2n) is 8.66. The lowest BCUT2D eigenvalue weighted by Crippen LogP contribution is -2.48.